The Morgan fingerprint density at radius 3 is 1.90 bits per heavy atom. The van der Waals surface area contributed by atoms with Crippen molar-refractivity contribution in [1.29, 1.82) is 0 Å². The molecule has 51 heavy (non-hydrogen) atoms. The zero-order valence-electron chi connectivity index (χ0n) is 27.9. The van der Waals surface area contributed by atoms with Crippen molar-refractivity contribution in [3.8, 4) is 5.69 Å². The minimum Gasteiger partial charge on any atom is -0.440 e. The van der Waals surface area contributed by atoms with Crippen LogP contribution in [0.3, 0.4) is 0 Å². The van der Waals surface area contributed by atoms with E-state index in [0.717, 1.165) is 45.7 Å². The standard InChI is InChI=1S/C47H33N3O/c1-4-14-33(15-5-1)47-48-43-31-41(38-20-10-11-22-40(38)46(43)51-47)32-24-26-36(27-25-32)49(34-16-6-2-7-17-34)37-28-29-45-42(30-37)39-21-12-13-23-44(39)50(45)35-18-8-3-9-19-35/h1-30,43H,31H2. The van der Waals surface area contributed by atoms with E-state index in [9.17, 15) is 0 Å². The van der Waals surface area contributed by atoms with Gasteiger partial charge in [-0.1, -0.05) is 109 Å². The number of para-hydroxylation sites is 3. The molecule has 1 atom stereocenters. The van der Waals surface area contributed by atoms with Gasteiger partial charge < -0.3 is 14.2 Å². The Morgan fingerprint density at radius 2 is 1.12 bits per heavy atom. The molecular formula is C47H33N3O. The largest absolute Gasteiger partial charge is 0.440 e. The van der Waals surface area contributed by atoms with Crippen LogP contribution in [0.5, 0.6) is 0 Å². The summed E-state index contributed by atoms with van der Waals surface area (Å²) >= 11 is 0. The lowest BCUT2D eigenvalue weighted by Crippen LogP contribution is -2.36. The van der Waals surface area contributed by atoms with Crippen LogP contribution in [0.15, 0.2) is 187 Å². The second-order valence-corrected chi connectivity index (χ2v) is 13.1. The number of nitrogens with zero attached hydrogens (tertiary/aromatic N) is 3. The predicted octanol–water partition coefficient (Wildman–Crippen LogP) is 9.81. The van der Waals surface area contributed by atoms with E-state index in [4.69, 9.17) is 9.73 Å². The molecule has 0 N–H and O–H groups in total. The summed E-state index contributed by atoms with van der Waals surface area (Å²) in [6, 6.07) is 64.5. The summed E-state index contributed by atoms with van der Waals surface area (Å²) in [5.74, 6) is 1.65. The van der Waals surface area contributed by atoms with Crippen molar-refractivity contribution in [3.63, 3.8) is 0 Å². The summed E-state index contributed by atoms with van der Waals surface area (Å²) in [4.78, 5) is 7.43. The molecule has 8 aromatic rings. The maximum Gasteiger partial charge on any atom is 0.222 e. The lowest BCUT2D eigenvalue weighted by molar-refractivity contribution is 0.500. The molecule has 0 spiro atoms. The second kappa shape index (κ2) is 12.0. The molecule has 0 fully saturated rings. The summed E-state index contributed by atoms with van der Waals surface area (Å²) in [5, 5.41) is 4.79. The van der Waals surface area contributed by atoms with Crippen molar-refractivity contribution in [2.75, 3.05) is 4.90 Å². The zero-order valence-corrected chi connectivity index (χ0v) is 27.9. The topological polar surface area (TPSA) is 29.8 Å². The van der Waals surface area contributed by atoms with Crippen molar-refractivity contribution in [3.05, 3.63) is 204 Å². The van der Waals surface area contributed by atoms with Gasteiger partial charge in [-0.05, 0) is 89.2 Å². The van der Waals surface area contributed by atoms with Gasteiger partial charge in [0, 0.05) is 50.7 Å². The van der Waals surface area contributed by atoms with E-state index in [2.05, 4.69) is 173 Å². The zero-order chi connectivity index (χ0) is 33.7. The molecule has 1 unspecified atom stereocenters. The highest BCUT2D eigenvalue weighted by Gasteiger charge is 2.31. The number of hydrogen-bond donors (Lipinski definition) is 0. The van der Waals surface area contributed by atoms with Gasteiger partial charge in [-0.15, -0.1) is 0 Å². The molecule has 0 amide bonds. The Labute approximate surface area is 296 Å². The summed E-state index contributed by atoms with van der Waals surface area (Å²) in [6.07, 6.45) is 0.784. The van der Waals surface area contributed by atoms with Gasteiger partial charge in [0.1, 0.15) is 11.8 Å². The van der Waals surface area contributed by atoms with Gasteiger partial charge in [0.05, 0.1) is 11.0 Å². The first-order valence-electron chi connectivity index (χ1n) is 17.5. The first kappa shape index (κ1) is 29.3. The van der Waals surface area contributed by atoms with E-state index in [1.165, 1.54) is 38.2 Å². The first-order chi connectivity index (χ1) is 25.3. The van der Waals surface area contributed by atoms with E-state index in [1.54, 1.807) is 0 Å². The van der Waals surface area contributed by atoms with Crippen LogP contribution in [0.1, 0.15) is 17.5 Å². The van der Waals surface area contributed by atoms with Crippen LogP contribution >= 0.6 is 0 Å². The van der Waals surface area contributed by atoms with E-state index >= 15 is 0 Å². The molecule has 2 heterocycles. The molecule has 2 aliphatic rings. The lowest BCUT2D eigenvalue weighted by Gasteiger charge is -2.26. The predicted molar refractivity (Wildman–Crippen MR) is 210 cm³/mol. The van der Waals surface area contributed by atoms with Crippen molar-refractivity contribution in [2.24, 2.45) is 4.99 Å². The van der Waals surface area contributed by atoms with Crippen LogP contribution in [-0.2, 0) is 4.74 Å². The number of benzene rings is 7. The number of fused-ring (bicyclic) bond motifs is 5. The van der Waals surface area contributed by atoms with Crippen molar-refractivity contribution in [2.45, 2.75) is 12.5 Å². The Morgan fingerprint density at radius 1 is 0.510 bits per heavy atom. The molecule has 0 radical (unpaired) electrons. The smallest absolute Gasteiger partial charge is 0.222 e. The van der Waals surface area contributed by atoms with Crippen molar-refractivity contribution < 1.29 is 4.74 Å². The SMILES string of the molecule is c1ccc(C2=NC3CC(c4ccc(N(c5ccccc5)c5ccc6c(c5)c5ccccc5n6-c5ccccc5)cc4)=c4ccccc4=C3O2)cc1. The third-order valence-corrected chi connectivity index (χ3v) is 10.1. The van der Waals surface area contributed by atoms with Crippen LogP contribution in [-0.4, -0.2) is 16.5 Å². The van der Waals surface area contributed by atoms with Crippen LogP contribution < -0.4 is 15.3 Å². The van der Waals surface area contributed by atoms with Gasteiger partial charge in [0.2, 0.25) is 5.90 Å². The molecule has 7 aromatic carbocycles. The fraction of sp³-hybridized carbons (Fsp3) is 0.0426. The molecular weight excluding hydrogens is 623 g/mol. The summed E-state index contributed by atoms with van der Waals surface area (Å²) in [6.45, 7) is 0. The molecule has 242 valence electrons. The fourth-order valence-corrected chi connectivity index (χ4v) is 7.81. The number of aromatic nitrogens is 1. The number of aliphatic imine (C=N–C) groups is 1. The molecule has 0 saturated heterocycles. The van der Waals surface area contributed by atoms with E-state index in [1.807, 2.05) is 18.2 Å². The highest BCUT2D eigenvalue weighted by atomic mass is 16.5. The van der Waals surface area contributed by atoms with Crippen LogP contribution in [0, 0.1) is 0 Å². The third-order valence-electron chi connectivity index (χ3n) is 10.1. The van der Waals surface area contributed by atoms with Gasteiger partial charge in [-0.25, -0.2) is 4.99 Å². The van der Waals surface area contributed by atoms with Crippen molar-refractivity contribution in [1.82, 2.24) is 4.57 Å². The minimum absolute atomic E-state index is 0.0460. The number of ether oxygens (including phenoxy) is 1. The van der Waals surface area contributed by atoms with Gasteiger partial charge >= 0.3 is 0 Å². The van der Waals surface area contributed by atoms with Gasteiger partial charge in [0.15, 0.2) is 0 Å². The average molecular weight is 656 g/mol. The summed E-state index contributed by atoms with van der Waals surface area (Å²) in [7, 11) is 0. The van der Waals surface area contributed by atoms with E-state index in [-0.39, 0.29) is 6.04 Å². The molecule has 1 aromatic heterocycles. The Kier molecular flexibility index (Phi) is 6.91. The first-order valence-corrected chi connectivity index (χ1v) is 17.5. The Hall–Kier alpha value is -6.65. The van der Waals surface area contributed by atoms with E-state index in [0.29, 0.717) is 5.90 Å². The van der Waals surface area contributed by atoms with Gasteiger partial charge in [-0.3, -0.25) is 0 Å². The second-order valence-electron chi connectivity index (χ2n) is 13.1. The summed E-state index contributed by atoms with van der Waals surface area (Å²) < 4.78 is 8.80. The quantitative estimate of drug-likeness (QED) is 0.179. The van der Waals surface area contributed by atoms with Crippen molar-refractivity contribution >= 4 is 56.1 Å². The van der Waals surface area contributed by atoms with Crippen LogP contribution in [0.4, 0.5) is 17.1 Å². The number of rotatable bonds is 6. The molecule has 1 aliphatic carbocycles. The van der Waals surface area contributed by atoms with Gasteiger partial charge in [0.25, 0.3) is 0 Å². The summed E-state index contributed by atoms with van der Waals surface area (Å²) in [5.41, 5.74) is 10.3. The van der Waals surface area contributed by atoms with Crippen LogP contribution in [0.25, 0.3) is 38.8 Å². The maximum absolute atomic E-state index is 6.44. The molecule has 0 bridgehead atoms. The Balaban J connectivity index is 1.07. The monoisotopic (exact) mass is 655 g/mol. The lowest BCUT2D eigenvalue weighted by atomic mass is 9.90. The van der Waals surface area contributed by atoms with E-state index < -0.39 is 0 Å². The normalized spacial score (nSPS) is 15.0. The highest BCUT2D eigenvalue weighted by Crippen LogP contribution is 2.40. The average Bonchev–Trinajstić information content (AvgIpc) is 3.79. The number of anilines is 3. The molecule has 1 aliphatic heterocycles. The highest BCUT2D eigenvalue weighted by molar-refractivity contribution is 6.10. The number of hydrogen-bond acceptors (Lipinski definition) is 3. The molecule has 4 nitrogen and oxygen atoms in total. The Bertz CT molecular complexity index is 2730. The van der Waals surface area contributed by atoms with Crippen LogP contribution in [0.2, 0.25) is 0 Å². The third kappa shape index (κ3) is 4.95. The fourth-order valence-electron chi connectivity index (χ4n) is 7.81. The minimum atomic E-state index is -0.0460. The molecule has 10 rings (SSSR count). The van der Waals surface area contributed by atoms with Gasteiger partial charge in [-0.2, -0.15) is 0 Å². The molecule has 0 saturated carbocycles. The maximum atomic E-state index is 6.44. The molecule has 4 heteroatoms.